The molecule has 0 saturated heterocycles. The fraction of sp³-hybridized carbons (Fsp3) is 0.308. The van der Waals surface area contributed by atoms with Gasteiger partial charge in [0.2, 0.25) is 0 Å². The number of oxazole rings is 1. The van der Waals surface area contributed by atoms with Gasteiger partial charge in [-0.25, -0.2) is 4.98 Å². The second kappa shape index (κ2) is 5.39. The van der Waals surface area contributed by atoms with E-state index in [4.69, 9.17) is 9.15 Å². The minimum absolute atomic E-state index is 0.634. The number of nitrogens with zero attached hydrogens (tertiary/aromatic N) is 1. The molecule has 0 aliphatic heterocycles. The summed E-state index contributed by atoms with van der Waals surface area (Å²) in [6, 6.07) is 5.99. The van der Waals surface area contributed by atoms with Crippen LogP contribution in [-0.2, 0) is 6.54 Å². The maximum atomic E-state index is 5.44. The Morgan fingerprint density at radius 2 is 2.29 bits per heavy atom. The van der Waals surface area contributed by atoms with Gasteiger partial charge in [0.15, 0.2) is 6.39 Å². The second-order valence-electron chi connectivity index (χ2n) is 3.73. The molecule has 0 atom stereocenters. The first-order valence-corrected chi connectivity index (χ1v) is 5.64. The summed E-state index contributed by atoms with van der Waals surface area (Å²) < 4.78 is 10.6. The molecule has 0 unspecified atom stereocenters. The fourth-order valence-corrected chi connectivity index (χ4v) is 1.60. The maximum Gasteiger partial charge on any atom is 0.180 e. The van der Waals surface area contributed by atoms with E-state index in [9.17, 15) is 0 Å². The topological polar surface area (TPSA) is 47.3 Å². The third kappa shape index (κ3) is 3.00. The van der Waals surface area contributed by atoms with Crippen LogP contribution in [0.15, 0.2) is 35.2 Å². The van der Waals surface area contributed by atoms with Crippen LogP contribution in [0.25, 0.3) is 0 Å². The van der Waals surface area contributed by atoms with Crippen molar-refractivity contribution in [3.8, 4) is 5.75 Å². The van der Waals surface area contributed by atoms with Gasteiger partial charge >= 0.3 is 0 Å². The molecule has 0 aliphatic carbocycles. The van der Waals surface area contributed by atoms with Crippen LogP contribution in [0.5, 0.6) is 5.75 Å². The molecule has 0 aliphatic rings. The number of rotatable bonds is 5. The standard InChI is InChI=1S/C13H16N2O2/c1-3-16-11-4-5-13(10(2)6-11)15-8-12-7-14-9-17-12/h4-7,9,15H,3,8H2,1-2H3. The summed E-state index contributed by atoms with van der Waals surface area (Å²) in [6.45, 7) is 5.34. The lowest BCUT2D eigenvalue weighted by Crippen LogP contribution is -2.00. The van der Waals surface area contributed by atoms with Crippen LogP contribution in [0.3, 0.4) is 0 Å². The van der Waals surface area contributed by atoms with Gasteiger partial charge in [-0.05, 0) is 37.6 Å². The predicted octanol–water partition coefficient (Wildman–Crippen LogP) is 2.99. The monoisotopic (exact) mass is 232 g/mol. The van der Waals surface area contributed by atoms with Crippen LogP contribution in [0.1, 0.15) is 18.2 Å². The summed E-state index contributed by atoms with van der Waals surface area (Å²) in [4.78, 5) is 3.87. The van der Waals surface area contributed by atoms with E-state index in [1.807, 2.05) is 32.0 Å². The highest BCUT2D eigenvalue weighted by Crippen LogP contribution is 2.21. The lowest BCUT2D eigenvalue weighted by atomic mass is 10.2. The number of hydrogen-bond donors (Lipinski definition) is 1. The van der Waals surface area contributed by atoms with Crippen molar-refractivity contribution in [2.75, 3.05) is 11.9 Å². The summed E-state index contributed by atoms with van der Waals surface area (Å²) in [5, 5.41) is 3.30. The first-order valence-electron chi connectivity index (χ1n) is 5.64. The molecule has 0 bridgehead atoms. The number of hydrogen-bond acceptors (Lipinski definition) is 4. The highest BCUT2D eigenvalue weighted by molar-refractivity contribution is 5.53. The third-order valence-electron chi connectivity index (χ3n) is 2.45. The van der Waals surface area contributed by atoms with E-state index in [1.165, 1.54) is 6.39 Å². The van der Waals surface area contributed by atoms with Crippen LogP contribution in [0.4, 0.5) is 5.69 Å². The van der Waals surface area contributed by atoms with Crippen LogP contribution in [-0.4, -0.2) is 11.6 Å². The zero-order valence-electron chi connectivity index (χ0n) is 10.1. The van der Waals surface area contributed by atoms with Crippen molar-refractivity contribution in [1.82, 2.24) is 4.98 Å². The Hall–Kier alpha value is -1.97. The molecule has 0 spiro atoms. The summed E-state index contributed by atoms with van der Waals surface area (Å²) >= 11 is 0. The molecule has 1 aromatic carbocycles. The van der Waals surface area contributed by atoms with Gasteiger partial charge < -0.3 is 14.5 Å². The Balaban J connectivity index is 2.01. The van der Waals surface area contributed by atoms with E-state index >= 15 is 0 Å². The summed E-state index contributed by atoms with van der Waals surface area (Å²) in [5.74, 6) is 1.72. The molecule has 90 valence electrons. The minimum atomic E-state index is 0.634. The third-order valence-corrected chi connectivity index (χ3v) is 2.45. The van der Waals surface area contributed by atoms with Gasteiger partial charge in [0.05, 0.1) is 19.3 Å². The summed E-state index contributed by atoms with van der Waals surface area (Å²) in [7, 11) is 0. The molecule has 2 aromatic rings. The van der Waals surface area contributed by atoms with Gasteiger partial charge in [0.1, 0.15) is 11.5 Å². The highest BCUT2D eigenvalue weighted by Gasteiger charge is 2.02. The van der Waals surface area contributed by atoms with Crippen molar-refractivity contribution >= 4 is 5.69 Å². The first-order chi connectivity index (χ1) is 8.29. The van der Waals surface area contributed by atoms with Crippen molar-refractivity contribution in [3.63, 3.8) is 0 Å². The van der Waals surface area contributed by atoms with E-state index in [0.717, 1.165) is 22.8 Å². The zero-order valence-corrected chi connectivity index (χ0v) is 10.1. The molecule has 0 radical (unpaired) electrons. The van der Waals surface area contributed by atoms with Crippen molar-refractivity contribution in [2.24, 2.45) is 0 Å². The number of nitrogens with one attached hydrogen (secondary N) is 1. The van der Waals surface area contributed by atoms with Crippen LogP contribution in [0, 0.1) is 6.92 Å². The molecule has 1 N–H and O–H groups in total. The van der Waals surface area contributed by atoms with Crippen molar-refractivity contribution in [1.29, 1.82) is 0 Å². The van der Waals surface area contributed by atoms with Crippen molar-refractivity contribution in [3.05, 3.63) is 42.1 Å². The van der Waals surface area contributed by atoms with E-state index in [-0.39, 0.29) is 0 Å². The van der Waals surface area contributed by atoms with Gasteiger partial charge in [0, 0.05) is 5.69 Å². The highest BCUT2D eigenvalue weighted by atomic mass is 16.5. The molecule has 4 nitrogen and oxygen atoms in total. The van der Waals surface area contributed by atoms with Crippen LogP contribution >= 0.6 is 0 Å². The smallest absolute Gasteiger partial charge is 0.180 e. The molecule has 1 aromatic heterocycles. The van der Waals surface area contributed by atoms with Crippen LogP contribution < -0.4 is 10.1 Å². The summed E-state index contributed by atoms with van der Waals surface area (Å²) in [5.41, 5.74) is 2.22. The number of anilines is 1. The van der Waals surface area contributed by atoms with E-state index in [0.29, 0.717) is 13.2 Å². The first kappa shape index (κ1) is 11.5. The fourth-order valence-electron chi connectivity index (χ4n) is 1.60. The van der Waals surface area contributed by atoms with Crippen molar-refractivity contribution in [2.45, 2.75) is 20.4 Å². The lowest BCUT2D eigenvalue weighted by molar-refractivity contribution is 0.340. The summed E-state index contributed by atoms with van der Waals surface area (Å²) in [6.07, 6.45) is 3.14. The molecule has 2 rings (SSSR count). The lowest BCUT2D eigenvalue weighted by Gasteiger charge is -2.10. The maximum absolute atomic E-state index is 5.44. The van der Waals surface area contributed by atoms with E-state index in [2.05, 4.69) is 10.3 Å². The van der Waals surface area contributed by atoms with Gasteiger partial charge in [0.25, 0.3) is 0 Å². The number of aromatic nitrogens is 1. The molecular formula is C13H16N2O2. The Bertz CT molecular complexity index is 466. The Kier molecular flexibility index (Phi) is 3.65. The van der Waals surface area contributed by atoms with Gasteiger partial charge in [-0.2, -0.15) is 0 Å². The Morgan fingerprint density at radius 1 is 1.41 bits per heavy atom. The van der Waals surface area contributed by atoms with Gasteiger partial charge in [-0.3, -0.25) is 0 Å². The molecule has 0 fully saturated rings. The van der Waals surface area contributed by atoms with E-state index in [1.54, 1.807) is 6.20 Å². The number of ether oxygens (including phenoxy) is 1. The van der Waals surface area contributed by atoms with Crippen molar-refractivity contribution < 1.29 is 9.15 Å². The minimum Gasteiger partial charge on any atom is -0.494 e. The second-order valence-corrected chi connectivity index (χ2v) is 3.73. The Morgan fingerprint density at radius 3 is 2.94 bits per heavy atom. The molecule has 17 heavy (non-hydrogen) atoms. The molecule has 0 amide bonds. The molecule has 4 heteroatoms. The number of benzene rings is 1. The average molecular weight is 232 g/mol. The Labute approximate surface area is 101 Å². The molecular weight excluding hydrogens is 216 g/mol. The van der Waals surface area contributed by atoms with Gasteiger partial charge in [-0.1, -0.05) is 0 Å². The van der Waals surface area contributed by atoms with E-state index < -0.39 is 0 Å². The SMILES string of the molecule is CCOc1ccc(NCc2cnco2)c(C)c1. The normalized spacial score (nSPS) is 10.2. The molecule has 1 heterocycles. The largest absolute Gasteiger partial charge is 0.494 e. The number of aryl methyl sites for hydroxylation is 1. The van der Waals surface area contributed by atoms with Crippen LogP contribution in [0.2, 0.25) is 0 Å². The molecule has 0 saturated carbocycles. The quantitative estimate of drug-likeness (QED) is 0.860. The predicted molar refractivity (Wildman–Crippen MR) is 66.2 cm³/mol. The van der Waals surface area contributed by atoms with Gasteiger partial charge in [-0.15, -0.1) is 0 Å². The average Bonchev–Trinajstić information content (AvgIpc) is 2.81. The zero-order chi connectivity index (χ0) is 12.1.